The lowest BCUT2D eigenvalue weighted by Crippen LogP contribution is -2.21. The van der Waals surface area contributed by atoms with Crippen molar-refractivity contribution in [1.29, 1.82) is 0 Å². The molecule has 0 unspecified atom stereocenters. The van der Waals surface area contributed by atoms with Crippen molar-refractivity contribution >= 4 is 28.5 Å². The SMILES string of the molecule is COC(=O)c1cn(CCc2ccccc2)c2nc(Nc3ccc(F)cc3C)c(C)cc2c1=O. The molecule has 0 aliphatic heterocycles. The molecular formula is C26H24FN3O3. The van der Waals surface area contributed by atoms with Crippen LogP contribution in [-0.4, -0.2) is 22.6 Å². The summed E-state index contributed by atoms with van der Waals surface area (Å²) in [5.41, 5.74) is 3.30. The van der Waals surface area contributed by atoms with Gasteiger partial charge in [0.15, 0.2) is 0 Å². The van der Waals surface area contributed by atoms with Crippen molar-refractivity contribution in [3.63, 3.8) is 0 Å². The zero-order valence-corrected chi connectivity index (χ0v) is 18.7. The molecule has 2 heterocycles. The van der Waals surface area contributed by atoms with Gasteiger partial charge in [0, 0.05) is 18.4 Å². The maximum absolute atomic E-state index is 13.5. The van der Waals surface area contributed by atoms with Crippen LogP contribution in [0.4, 0.5) is 15.9 Å². The number of ether oxygens (including phenoxy) is 1. The Bertz CT molecular complexity index is 1400. The summed E-state index contributed by atoms with van der Waals surface area (Å²) >= 11 is 0. The third-order valence-corrected chi connectivity index (χ3v) is 5.57. The van der Waals surface area contributed by atoms with Crippen LogP contribution in [0.2, 0.25) is 0 Å². The van der Waals surface area contributed by atoms with Crippen LogP contribution in [0.15, 0.2) is 65.6 Å². The van der Waals surface area contributed by atoms with Gasteiger partial charge < -0.3 is 14.6 Å². The fourth-order valence-electron chi connectivity index (χ4n) is 3.75. The van der Waals surface area contributed by atoms with Crippen molar-refractivity contribution in [3.8, 4) is 0 Å². The third-order valence-electron chi connectivity index (χ3n) is 5.57. The summed E-state index contributed by atoms with van der Waals surface area (Å²) in [5, 5.41) is 3.58. The van der Waals surface area contributed by atoms with Gasteiger partial charge in [-0.2, -0.15) is 0 Å². The number of fused-ring (bicyclic) bond motifs is 1. The summed E-state index contributed by atoms with van der Waals surface area (Å²) < 4.78 is 20.1. The molecule has 0 saturated carbocycles. The summed E-state index contributed by atoms with van der Waals surface area (Å²) in [5.74, 6) is -0.445. The smallest absolute Gasteiger partial charge is 0.343 e. The summed E-state index contributed by atoms with van der Waals surface area (Å²) in [4.78, 5) is 30.1. The van der Waals surface area contributed by atoms with E-state index in [1.54, 1.807) is 23.6 Å². The Morgan fingerprint density at radius 3 is 2.55 bits per heavy atom. The normalized spacial score (nSPS) is 10.9. The lowest BCUT2D eigenvalue weighted by Gasteiger charge is -2.16. The average molecular weight is 445 g/mol. The number of rotatable bonds is 6. The van der Waals surface area contributed by atoms with Crippen LogP contribution >= 0.6 is 0 Å². The first-order valence-electron chi connectivity index (χ1n) is 10.6. The van der Waals surface area contributed by atoms with Crippen LogP contribution in [0.1, 0.15) is 27.0 Å². The molecule has 0 spiro atoms. The van der Waals surface area contributed by atoms with Crippen LogP contribution < -0.4 is 10.7 Å². The van der Waals surface area contributed by atoms with E-state index in [1.165, 1.54) is 25.4 Å². The number of esters is 1. The number of nitrogens with zero attached hydrogens (tertiary/aromatic N) is 2. The number of halogens is 1. The van der Waals surface area contributed by atoms with Gasteiger partial charge in [-0.05, 0) is 61.2 Å². The van der Waals surface area contributed by atoms with E-state index >= 15 is 0 Å². The lowest BCUT2D eigenvalue weighted by molar-refractivity contribution is 0.0598. The first-order chi connectivity index (χ1) is 15.9. The minimum atomic E-state index is -0.683. The Hall–Kier alpha value is -4.00. The highest BCUT2D eigenvalue weighted by molar-refractivity contribution is 5.93. The standard InChI is InChI=1S/C26H24FN3O3/c1-16-13-19(27)9-10-22(16)28-24-17(2)14-20-23(31)21(26(32)33-3)15-30(25(20)29-24)12-11-18-7-5-4-6-8-18/h4-10,13-15H,11-12H2,1-3H3,(H,28,29). The molecular weight excluding hydrogens is 421 g/mol. The molecule has 0 amide bonds. The molecule has 2 aromatic carbocycles. The number of pyridine rings is 2. The Labute approximate surface area is 190 Å². The van der Waals surface area contributed by atoms with Crippen molar-refractivity contribution in [3.05, 3.63) is 99.1 Å². The van der Waals surface area contributed by atoms with Crippen molar-refractivity contribution in [2.24, 2.45) is 0 Å². The highest BCUT2D eigenvalue weighted by atomic mass is 19.1. The number of carbonyl (C=O) groups is 1. The molecule has 4 aromatic rings. The number of aryl methyl sites for hydroxylation is 4. The van der Waals surface area contributed by atoms with Gasteiger partial charge in [-0.25, -0.2) is 14.2 Å². The van der Waals surface area contributed by atoms with Crippen molar-refractivity contribution in [2.45, 2.75) is 26.8 Å². The van der Waals surface area contributed by atoms with Crippen molar-refractivity contribution in [2.75, 3.05) is 12.4 Å². The van der Waals surface area contributed by atoms with Gasteiger partial charge in [0.1, 0.15) is 22.8 Å². The van der Waals surface area contributed by atoms with E-state index < -0.39 is 11.4 Å². The molecule has 2 aromatic heterocycles. The molecule has 7 heteroatoms. The highest BCUT2D eigenvalue weighted by Crippen LogP contribution is 2.25. The van der Waals surface area contributed by atoms with Crippen LogP contribution in [-0.2, 0) is 17.7 Å². The molecule has 0 bridgehead atoms. The molecule has 4 rings (SSSR count). The van der Waals surface area contributed by atoms with Gasteiger partial charge in [0.2, 0.25) is 5.43 Å². The quantitative estimate of drug-likeness (QED) is 0.426. The zero-order valence-electron chi connectivity index (χ0n) is 18.7. The largest absolute Gasteiger partial charge is 0.465 e. The fraction of sp³-hybridized carbons (Fsp3) is 0.192. The van der Waals surface area contributed by atoms with Crippen LogP contribution in [0, 0.1) is 19.7 Å². The predicted octanol–water partition coefficient (Wildman–Crippen LogP) is 4.93. The van der Waals surface area contributed by atoms with Gasteiger partial charge >= 0.3 is 5.97 Å². The van der Waals surface area contributed by atoms with E-state index in [9.17, 15) is 14.0 Å². The van der Waals surface area contributed by atoms with Crippen LogP contribution in [0.5, 0.6) is 0 Å². The molecule has 33 heavy (non-hydrogen) atoms. The number of anilines is 2. The van der Waals surface area contributed by atoms with E-state index in [4.69, 9.17) is 9.72 Å². The summed E-state index contributed by atoms with van der Waals surface area (Å²) in [7, 11) is 1.25. The molecule has 0 radical (unpaired) electrons. The minimum Gasteiger partial charge on any atom is -0.465 e. The second-order valence-corrected chi connectivity index (χ2v) is 7.90. The third kappa shape index (κ3) is 4.62. The number of methoxy groups -OCH3 is 1. The van der Waals surface area contributed by atoms with Crippen LogP contribution in [0.3, 0.4) is 0 Å². The molecule has 168 valence electrons. The maximum Gasteiger partial charge on any atom is 0.343 e. The second kappa shape index (κ2) is 9.24. The highest BCUT2D eigenvalue weighted by Gasteiger charge is 2.18. The molecule has 0 aliphatic rings. The zero-order chi connectivity index (χ0) is 23.5. The summed E-state index contributed by atoms with van der Waals surface area (Å²) in [6, 6.07) is 16.1. The second-order valence-electron chi connectivity index (χ2n) is 7.90. The summed E-state index contributed by atoms with van der Waals surface area (Å²) in [6.07, 6.45) is 2.20. The van der Waals surface area contributed by atoms with Crippen LogP contribution in [0.25, 0.3) is 11.0 Å². The lowest BCUT2D eigenvalue weighted by atomic mass is 10.1. The number of aromatic nitrogens is 2. The van der Waals surface area contributed by atoms with E-state index in [0.29, 0.717) is 29.8 Å². The fourth-order valence-corrected chi connectivity index (χ4v) is 3.75. The number of hydrogen-bond acceptors (Lipinski definition) is 5. The first kappa shape index (κ1) is 22.2. The molecule has 0 atom stereocenters. The Balaban J connectivity index is 1.83. The van der Waals surface area contributed by atoms with E-state index in [2.05, 4.69) is 5.32 Å². The molecule has 1 N–H and O–H groups in total. The minimum absolute atomic E-state index is 0.0330. The monoisotopic (exact) mass is 445 g/mol. The maximum atomic E-state index is 13.5. The average Bonchev–Trinajstić information content (AvgIpc) is 2.81. The Morgan fingerprint density at radius 1 is 1.09 bits per heavy atom. The van der Waals surface area contributed by atoms with Gasteiger partial charge in [0.05, 0.1) is 12.5 Å². The summed E-state index contributed by atoms with van der Waals surface area (Å²) in [6.45, 7) is 4.14. The van der Waals surface area contributed by atoms with Gasteiger partial charge in [-0.3, -0.25) is 4.79 Å². The Kier molecular flexibility index (Phi) is 6.22. The van der Waals surface area contributed by atoms with E-state index in [0.717, 1.165) is 22.4 Å². The topological polar surface area (TPSA) is 73.2 Å². The van der Waals surface area contributed by atoms with Gasteiger partial charge in [-0.1, -0.05) is 30.3 Å². The number of nitrogens with one attached hydrogen (secondary N) is 1. The number of hydrogen-bond donors (Lipinski definition) is 1. The molecule has 0 aliphatic carbocycles. The van der Waals surface area contributed by atoms with Gasteiger partial charge in [-0.15, -0.1) is 0 Å². The predicted molar refractivity (Wildman–Crippen MR) is 127 cm³/mol. The number of benzene rings is 2. The Morgan fingerprint density at radius 2 is 1.85 bits per heavy atom. The van der Waals surface area contributed by atoms with Gasteiger partial charge in [0.25, 0.3) is 0 Å². The first-order valence-corrected chi connectivity index (χ1v) is 10.6. The van der Waals surface area contributed by atoms with Crippen molar-refractivity contribution < 1.29 is 13.9 Å². The molecule has 0 saturated heterocycles. The molecule has 6 nitrogen and oxygen atoms in total. The number of carbonyl (C=O) groups excluding carboxylic acids is 1. The molecule has 0 fully saturated rings. The van der Waals surface area contributed by atoms with Crippen molar-refractivity contribution in [1.82, 2.24) is 9.55 Å². The van der Waals surface area contributed by atoms with E-state index in [-0.39, 0.29) is 11.4 Å². The van der Waals surface area contributed by atoms with E-state index in [1.807, 2.05) is 37.3 Å².